The van der Waals surface area contributed by atoms with Crippen molar-refractivity contribution in [2.75, 3.05) is 13.2 Å². The molecule has 8 heteroatoms. The second-order valence-electron chi connectivity index (χ2n) is 6.20. The number of urea groups is 1. The first-order chi connectivity index (χ1) is 13.9. The zero-order valence-electron chi connectivity index (χ0n) is 16.0. The molecule has 3 amide bonds. The fourth-order valence-corrected chi connectivity index (χ4v) is 3.27. The Balaban J connectivity index is 1.86. The molecule has 2 aromatic rings. The van der Waals surface area contributed by atoms with Gasteiger partial charge in [0.1, 0.15) is 5.70 Å². The summed E-state index contributed by atoms with van der Waals surface area (Å²) in [6.45, 7) is 4.72. The van der Waals surface area contributed by atoms with E-state index in [0.717, 1.165) is 10.5 Å². The highest BCUT2D eigenvalue weighted by Gasteiger charge is 2.33. The van der Waals surface area contributed by atoms with Crippen LogP contribution in [0.25, 0.3) is 6.08 Å². The van der Waals surface area contributed by atoms with Gasteiger partial charge in [0.05, 0.1) is 24.8 Å². The number of carbonyl (C=O) groups excluding carboxylic acids is 2. The van der Waals surface area contributed by atoms with Gasteiger partial charge in [-0.25, -0.2) is 4.79 Å². The number of carbonyl (C=O) groups is 2. The van der Waals surface area contributed by atoms with Crippen LogP contribution in [0.4, 0.5) is 4.79 Å². The van der Waals surface area contributed by atoms with E-state index in [4.69, 9.17) is 32.7 Å². The Hall–Kier alpha value is -2.70. The van der Waals surface area contributed by atoms with Crippen molar-refractivity contribution < 1.29 is 19.1 Å². The summed E-state index contributed by atoms with van der Waals surface area (Å²) >= 11 is 12.2. The average Bonchev–Trinajstić information content (AvgIpc) is 2.94. The third-order valence-electron chi connectivity index (χ3n) is 4.15. The van der Waals surface area contributed by atoms with Gasteiger partial charge in [0.15, 0.2) is 11.5 Å². The minimum Gasteiger partial charge on any atom is -0.490 e. The molecule has 1 aliphatic rings. The monoisotopic (exact) mass is 434 g/mol. The summed E-state index contributed by atoms with van der Waals surface area (Å²) in [5, 5.41) is 3.55. The molecule has 0 bridgehead atoms. The Kier molecular flexibility index (Phi) is 6.67. The molecule has 152 valence electrons. The number of benzene rings is 2. The molecular weight excluding hydrogens is 415 g/mol. The molecule has 3 rings (SSSR count). The van der Waals surface area contributed by atoms with Gasteiger partial charge in [0.25, 0.3) is 5.91 Å². The molecule has 0 unspecified atom stereocenters. The lowest BCUT2D eigenvalue weighted by Crippen LogP contribution is -2.30. The summed E-state index contributed by atoms with van der Waals surface area (Å²) in [6.07, 6.45) is 1.56. The van der Waals surface area contributed by atoms with E-state index < -0.39 is 11.9 Å². The van der Waals surface area contributed by atoms with Gasteiger partial charge in [-0.1, -0.05) is 35.3 Å². The molecule has 2 aromatic carbocycles. The summed E-state index contributed by atoms with van der Waals surface area (Å²) in [5.74, 6) is 0.501. The number of hydrogen-bond donors (Lipinski definition) is 1. The Labute approximate surface area is 179 Å². The van der Waals surface area contributed by atoms with Crippen molar-refractivity contribution in [2.45, 2.75) is 20.4 Å². The maximum Gasteiger partial charge on any atom is 0.329 e. The van der Waals surface area contributed by atoms with Crippen molar-refractivity contribution in [1.82, 2.24) is 10.2 Å². The predicted octanol–water partition coefficient (Wildman–Crippen LogP) is 4.88. The maximum absolute atomic E-state index is 12.7. The molecule has 0 spiro atoms. The van der Waals surface area contributed by atoms with E-state index in [0.29, 0.717) is 40.3 Å². The van der Waals surface area contributed by atoms with Gasteiger partial charge in [-0.2, -0.15) is 0 Å². The number of nitrogens with one attached hydrogen (secondary N) is 1. The summed E-state index contributed by atoms with van der Waals surface area (Å²) in [5.41, 5.74) is 1.56. The number of amides is 3. The van der Waals surface area contributed by atoms with Crippen molar-refractivity contribution in [1.29, 1.82) is 0 Å². The Morgan fingerprint density at radius 1 is 1.03 bits per heavy atom. The SMILES string of the molecule is CCOc1cc(/C=C2\NC(=O)N(Cc3ccc(Cl)cc3)C2=O)cc(Cl)c1OCC. The number of halogens is 2. The zero-order chi connectivity index (χ0) is 21.0. The summed E-state index contributed by atoms with van der Waals surface area (Å²) in [7, 11) is 0. The largest absolute Gasteiger partial charge is 0.490 e. The van der Waals surface area contributed by atoms with Crippen molar-refractivity contribution in [2.24, 2.45) is 0 Å². The molecule has 0 atom stereocenters. The van der Waals surface area contributed by atoms with Crippen LogP contribution in [0.2, 0.25) is 10.0 Å². The lowest BCUT2D eigenvalue weighted by molar-refractivity contribution is -0.123. The van der Waals surface area contributed by atoms with E-state index in [1.807, 2.05) is 13.8 Å². The second-order valence-corrected chi connectivity index (χ2v) is 7.05. The summed E-state index contributed by atoms with van der Waals surface area (Å²) in [6, 6.07) is 9.85. The lowest BCUT2D eigenvalue weighted by atomic mass is 10.1. The first-order valence-electron chi connectivity index (χ1n) is 9.11. The van der Waals surface area contributed by atoms with E-state index in [-0.39, 0.29) is 12.2 Å². The van der Waals surface area contributed by atoms with Gasteiger partial charge in [-0.05, 0) is 55.3 Å². The van der Waals surface area contributed by atoms with Crippen LogP contribution in [0.5, 0.6) is 11.5 Å². The van der Waals surface area contributed by atoms with E-state index in [2.05, 4.69) is 5.32 Å². The molecule has 29 heavy (non-hydrogen) atoms. The Bertz CT molecular complexity index is 958. The van der Waals surface area contributed by atoms with E-state index in [1.54, 1.807) is 42.5 Å². The molecule has 6 nitrogen and oxygen atoms in total. The summed E-state index contributed by atoms with van der Waals surface area (Å²) in [4.78, 5) is 26.1. The van der Waals surface area contributed by atoms with Crippen LogP contribution in [0, 0.1) is 0 Å². The molecule has 1 N–H and O–H groups in total. The fourth-order valence-electron chi connectivity index (χ4n) is 2.87. The number of imide groups is 1. The number of nitrogens with zero attached hydrogens (tertiary/aromatic N) is 1. The molecular formula is C21H20Cl2N2O4. The fraction of sp³-hybridized carbons (Fsp3) is 0.238. The van der Waals surface area contributed by atoms with Crippen molar-refractivity contribution in [3.8, 4) is 11.5 Å². The first kappa shape index (κ1) is 21.0. The van der Waals surface area contributed by atoms with Gasteiger partial charge >= 0.3 is 6.03 Å². The normalized spacial score (nSPS) is 15.0. The number of hydrogen-bond acceptors (Lipinski definition) is 4. The second kappa shape index (κ2) is 9.20. The third-order valence-corrected chi connectivity index (χ3v) is 4.68. The van der Waals surface area contributed by atoms with Crippen LogP contribution in [-0.4, -0.2) is 30.1 Å². The molecule has 0 radical (unpaired) electrons. The van der Waals surface area contributed by atoms with Gasteiger partial charge in [0.2, 0.25) is 0 Å². The zero-order valence-corrected chi connectivity index (χ0v) is 17.5. The molecule has 1 saturated heterocycles. The van der Waals surface area contributed by atoms with Crippen LogP contribution in [0.3, 0.4) is 0 Å². The maximum atomic E-state index is 12.7. The van der Waals surface area contributed by atoms with Gasteiger partial charge in [-0.3, -0.25) is 9.69 Å². The Morgan fingerprint density at radius 2 is 1.72 bits per heavy atom. The molecule has 0 saturated carbocycles. The van der Waals surface area contributed by atoms with Crippen molar-refractivity contribution >= 4 is 41.2 Å². The third kappa shape index (κ3) is 4.83. The molecule has 0 aromatic heterocycles. The first-order valence-corrected chi connectivity index (χ1v) is 9.86. The summed E-state index contributed by atoms with van der Waals surface area (Å²) < 4.78 is 11.1. The van der Waals surface area contributed by atoms with Crippen LogP contribution < -0.4 is 14.8 Å². The topological polar surface area (TPSA) is 67.9 Å². The highest BCUT2D eigenvalue weighted by atomic mass is 35.5. The van der Waals surface area contributed by atoms with Crippen molar-refractivity contribution in [3.63, 3.8) is 0 Å². The van der Waals surface area contributed by atoms with Gasteiger partial charge in [0, 0.05) is 5.02 Å². The van der Waals surface area contributed by atoms with Gasteiger partial charge in [-0.15, -0.1) is 0 Å². The van der Waals surface area contributed by atoms with E-state index >= 15 is 0 Å². The van der Waals surface area contributed by atoms with Crippen LogP contribution >= 0.6 is 23.2 Å². The molecule has 1 heterocycles. The minimum atomic E-state index is -0.488. The molecule has 0 aliphatic carbocycles. The number of ether oxygens (including phenoxy) is 2. The lowest BCUT2D eigenvalue weighted by Gasteiger charge is -2.13. The highest BCUT2D eigenvalue weighted by molar-refractivity contribution is 6.32. The Morgan fingerprint density at radius 3 is 2.38 bits per heavy atom. The molecule has 1 aliphatic heterocycles. The standard InChI is InChI=1S/C21H20Cl2N2O4/c1-3-28-18-11-14(9-16(23)19(18)29-4-2)10-17-20(26)25(21(27)24-17)12-13-5-7-15(22)8-6-13/h5-11H,3-4,12H2,1-2H3,(H,24,27)/b17-10-. The number of rotatable bonds is 7. The smallest absolute Gasteiger partial charge is 0.329 e. The van der Waals surface area contributed by atoms with Crippen LogP contribution in [-0.2, 0) is 11.3 Å². The highest BCUT2D eigenvalue weighted by Crippen LogP contribution is 2.37. The van der Waals surface area contributed by atoms with Crippen LogP contribution in [0.15, 0.2) is 42.1 Å². The van der Waals surface area contributed by atoms with Crippen LogP contribution in [0.1, 0.15) is 25.0 Å². The molecule has 1 fully saturated rings. The quantitative estimate of drug-likeness (QED) is 0.497. The average molecular weight is 435 g/mol. The van der Waals surface area contributed by atoms with Crippen molar-refractivity contribution in [3.05, 3.63) is 63.3 Å². The minimum absolute atomic E-state index is 0.146. The van der Waals surface area contributed by atoms with E-state index in [9.17, 15) is 9.59 Å². The van der Waals surface area contributed by atoms with Gasteiger partial charge < -0.3 is 14.8 Å². The predicted molar refractivity (Wildman–Crippen MR) is 112 cm³/mol. The van der Waals surface area contributed by atoms with E-state index in [1.165, 1.54) is 0 Å².